The maximum absolute atomic E-state index is 5.40. The first-order chi connectivity index (χ1) is 8.07. The Kier molecular flexibility index (Phi) is 5.37. The molecule has 2 N–H and O–H groups in total. The largest absolute Gasteiger partial charge is 0.407 e. The van der Waals surface area contributed by atoms with E-state index in [1.54, 1.807) is 7.11 Å². The third-order valence-corrected chi connectivity index (χ3v) is 2.50. The summed E-state index contributed by atoms with van der Waals surface area (Å²) in [6.07, 6.45) is 0.980. The second-order valence-corrected chi connectivity index (χ2v) is 4.79. The lowest BCUT2D eigenvalue weighted by atomic mass is 9.90. The number of methoxy groups -OCH3 is 1. The molecule has 0 fully saturated rings. The van der Waals surface area contributed by atoms with Crippen LogP contribution in [0.5, 0.6) is 0 Å². The third kappa shape index (κ3) is 5.14. The van der Waals surface area contributed by atoms with Crippen LogP contribution in [-0.2, 0) is 11.3 Å². The molecule has 1 rings (SSSR count). The summed E-state index contributed by atoms with van der Waals surface area (Å²) < 4.78 is 10.5. The van der Waals surface area contributed by atoms with E-state index in [4.69, 9.17) is 9.15 Å². The number of ether oxygens (including phenoxy) is 1. The number of nitrogens with one attached hydrogen (secondary N) is 2. The fourth-order valence-electron chi connectivity index (χ4n) is 1.33. The molecule has 0 saturated carbocycles. The van der Waals surface area contributed by atoms with E-state index in [1.807, 2.05) is 7.05 Å². The van der Waals surface area contributed by atoms with Crippen LogP contribution in [0.25, 0.3) is 0 Å². The summed E-state index contributed by atoms with van der Waals surface area (Å²) in [6.45, 7) is 6.45. The zero-order chi connectivity index (χ0) is 12.7. The molecule has 0 aliphatic heterocycles. The van der Waals surface area contributed by atoms with Crippen molar-refractivity contribution in [2.24, 2.45) is 5.41 Å². The van der Waals surface area contributed by atoms with Crippen LogP contribution in [0.4, 0.5) is 6.01 Å². The van der Waals surface area contributed by atoms with Gasteiger partial charge in [-0.25, -0.2) is 0 Å². The van der Waals surface area contributed by atoms with Crippen LogP contribution in [0, 0.1) is 5.41 Å². The van der Waals surface area contributed by atoms with E-state index >= 15 is 0 Å². The van der Waals surface area contributed by atoms with Crippen molar-refractivity contribution < 1.29 is 9.15 Å². The lowest BCUT2D eigenvalue weighted by molar-refractivity contribution is 0.156. The SMILES string of the molecule is CNCc1nnc(NCC(C)(C)CCOC)o1. The van der Waals surface area contributed by atoms with Crippen molar-refractivity contribution in [1.29, 1.82) is 0 Å². The zero-order valence-electron chi connectivity index (χ0n) is 11.0. The van der Waals surface area contributed by atoms with Gasteiger partial charge in [-0.2, -0.15) is 0 Å². The van der Waals surface area contributed by atoms with Gasteiger partial charge in [0.05, 0.1) is 6.54 Å². The minimum absolute atomic E-state index is 0.133. The maximum atomic E-state index is 5.40. The van der Waals surface area contributed by atoms with Gasteiger partial charge in [0.2, 0.25) is 5.89 Å². The molecule has 0 bridgehead atoms. The van der Waals surface area contributed by atoms with Gasteiger partial charge in [0.1, 0.15) is 0 Å². The lowest BCUT2D eigenvalue weighted by Crippen LogP contribution is -2.24. The minimum atomic E-state index is 0.133. The minimum Gasteiger partial charge on any atom is -0.407 e. The molecule has 98 valence electrons. The highest BCUT2D eigenvalue weighted by Crippen LogP contribution is 2.20. The van der Waals surface area contributed by atoms with Gasteiger partial charge in [0.15, 0.2) is 0 Å². The van der Waals surface area contributed by atoms with E-state index in [0.29, 0.717) is 18.5 Å². The van der Waals surface area contributed by atoms with Crippen molar-refractivity contribution >= 4 is 6.01 Å². The van der Waals surface area contributed by atoms with Crippen molar-refractivity contribution in [2.45, 2.75) is 26.8 Å². The average molecular weight is 242 g/mol. The van der Waals surface area contributed by atoms with Crippen molar-refractivity contribution in [3.05, 3.63) is 5.89 Å². The molecular formula is C11H22N4O2. The first kappa shape index (κ1) is 13.9. The monoisotopic (exact) mass is 242 g/mol. The van der Waals surface area contributed by atoms with Gasteiger partial charge in [-0.1, -0.05) is 18.9 Å². The van der Waals surface area contributed by atoms with Crippen LogP contribution in [0.3, 0.4) is 0 Å². The lowest BCUT2D eigenvalue weighted by Gasteiger charge is -2.23. The van der Waals surface area contributed by atoms with E-state index in [1.165, 1.54) is 0 Å². The van der Waals surface area contributed by atoms with Gasteiger partial charge in [-0.05, 0) is 18.9 Å². The first-order valence-corrected chi connectivity index (χ1v) is 5.77. The number of aromatic nitrogens is 2. The van der Waals surface area contributed by atoms with E-state index in [2.05, 4.69) is 34.7 Å². The Morgan fingerprint density at radius 3 is 2.76 bits per heavy atom. The number of hydrogen-bond acceptors (Lipinski definition) is 6. The number of hydrogen-bond donors (Lipinski definition) is 2. The van der Waals surface area contributed by atoms with Crippen LogP contribution in [0.2, 0.25) is 0 Å². The van der Waals surface area contributed by atoms with Crippen molar-refractivity contribution in [1.82, 2.24) is 15.5 Å². The highest BCUT2D eigenvalue weighted by Gasteiger charge is 2.18. The second kappa shape index (κ2) is 6.56. The van der Waals surface area contributed by atoms with E-state index in [9.17, 15) is 0 Å². The zero-order valence-corrected chi connectivity index (χ0v) is 11.0. The summed E-state index contributed by atoms with van der Waals surface area (Å²) in [4.78, 5) is 0. The summed E-state index contributed by atoms with van der Waals surface area (Å²) in [6, 6.07) is 0.473. The Morgan fingerprint density at radius 2 is 2.12 bits per heavy atom. The number of nitrogens with zero attached hydrogens (tertiary/aromatic N) is 2. The molecule has 17 heavy (non-hydrogen) atoms. The Labute approximate surface area is 102 Å². The molecule has 0 atom stereocenters. The summed E-state index contributed by atoms with van der Waals surface area (Å²) in [5, 5.41) is 13.9. The summed E-state index contributed by atoms with van der Waals surface area (Å²) in [5.74, 6) is 0.588. The molecule has 0 aliphatic carbocycles. The van der Waals surface area contributed by atoms with Gasteiger partial charge in [-0.3, -0.25) is 0 Å². The normalized spacial score (nSPS) is 11.8. The first-order valence-electron chi connectivity index (χ1n) is 5.77. The molecule has 0 aliphatic rings. The van der Waals surface area contributed by atoms with E-state index < -0.39 is 0 Å². The van der Waals surface area contributed by atoms with Gasteiger partial charge in [0, 0.05) is 20.3 Å². The van der Waals surface area contributed by atoms with Crippen molar-refractivity contribution in [3.63, 3.8) is 0 Å². The Bertz CT molecular complexity index is 325. The van der Waals surface area contributed by atoms with Gasteiger partial charge < -0.3 is 19.8 Å². The fourth-order valence-corrected chi connectivity index (χ4v) is 1.33. The van der Waals surface area contributed by atoms with Crippen molar-refractivity contribution in [3.8, 4) is 0 Å². The summed E-state index contributed by atoms with van der Waals surface area (Å²) in [5.41, 5.74) is 0.133. The van der Waals surface area contributed by atoms with Crippen molar-refractivity contribution in [2.75, 3.05) is 32.6 Å². The predicted molar refractivity (Wildman–Crippen MR) is 65.8 cm³/mol. The van der Waals surface area contributed by atoms with Crippen LogP contribution in [0.15, 0.2) is 4.42 Å². The molecule has 1 heterocycles. The van der Waals surface area contributed by atoms with Crippen LogP contribution in [0.1, 0.15) is 26.2 Å². The maximum Gasteiger partial charge on any atom is 0.315 e. The average Bonchev–Trinajstić information content (AvgIpc) is 2.73. The van der Waals surface area contributed by atoms with Gasteiger partial charge >= 0.3 is 6.01 Å². The number of anilines is 1. The van der Waals surface area contributed by atoms with Crippen LogP contribution < -0.4 is 10.6 Å². The number of rotatable bonds is 8. The Balaban J connectivity index is 2.37. The molecule has 0 amide bonds. The Hall–Kier alpha value is -1.14. The van der Waals surface area contributed by atoms with Crippen LogP contribution >= 0.6 is 0 Å². The highest BCUT2D eigenvalue weighted by molar-refractivity contribution is 5.17. The smallest absolute Gasteiger partial charge is 0.315 e. The summed E-state index contributed by atoms with van der Waals surface area (Å²) in [7, 11) is 3.55. The predicted octanol–water partition coefficient (Wildman–Crippen LogP) is 1.26. The standard InChI is InChI=1S/C11H22N4O2/c1-11(2,5-6-16-4)8-13-10-15-14-9(17-10)7-12-3/h12H,5-8H2,1-4H3,(H,13,15). The van der Waals surface area contributed by atoms with Crippen LogP contribution in [-0.4, -0.2) is 37.5 Å². The second-order valence-electron chi connectivity index (χ2n) is 4.79. The quantitative estimate of drug-likeness (QED) is 0.715. The molecule has 0 spiro atoms. The third-order valence-electron chi connectivity index (χ3n) is 2.50. The molecule has 0 saturated heterocycles. The molecule has 0 radical (unpaired) electrons. The molecule has 0 unspecified atom stereocenters. The Morgan fingerprint density at radius 1 is 1.35 bits per heavy atom. The summed E-state index contributed by atoms with van der Waals surface area (Å²) >= 11 is 0. The highest BCUT2D eigenvalue weighted by atomic mass is 16.5. The van der Waals surface area contributed by atoms with Gasteiger partial charge in [0.25, 0.3) is 0 Å². The molecule has 6 heteroatoms. The molecule has 6 nitrogen and oxygen atoms in total. The molecule has 1 aromatic heterocycles. The topological polar surface area (TPSA) is 72.2 Å². The molecule has 0 aromatic carbocycles. The molecule has 1 aromatic rings. The van der Waals surface area contributed by atoms with E-state index in [0.717, 1.165) is 19.6 Å². The van der Waals surface area contributed by atoms with E-state index in [-0.39, 0.29) is 5.41 Å². The molecular weight excluding hydrogens is 220 g/mol. The van der Waals surface area contributed by atoms with Gasteiger partial charge in [-0.15, -0.1) is 5.10 Å². The fraction of sp³-hybridized carbons (Fsp3) is 0.818.